The van der Waals surface area contributed by atoms with E-state index in [1.165, 1.54) is 18.6 Å². The first kappa shape index (κ1) is 17.6. The summed E-state index contributed by atoms with van der Waals surface area (Å²) in [6, 6.07) is 5.11. The SMILES string of the molecule is CCCNc1cc(NCCCCCSC)cc([N+](=O)[O-])c1. The van der Waals surface area contributed by atoms with Crippen LogP contribution in [0.25, 0.3) is 0 Å². The minimum atomic E-state index is -0.346. The molecule has 0 aliphatic heterocycles. The number of nitrogens with zero attached hydrogens (tertiary/aromatic N) is 1. The zero-order chi connectivity index (χ0) is 15.5. The van der Waals surface area contributed by atoms with Crippen LogP contribution in [0.3, 0.4) is 0 Å². The zero-order valence-electron chi connectivity index (χ0n) is 12.9. The Balaban J connectivity index is 2.54. The van der Waals surface area contributed by atoms with Gasteiger partial charge in [-0.25, -0.2) is 0 Å². The van der Waals surface area contributed by atoms with Crippen LogP contribution in [0.4, 0.5) is 17.1 Å². The van der Waals surface area contributed by atoms with Gasteiger partial charge in [0.15, 0.2) is 0 Å². The third kappa shape index (κ3) is 7.22. The molecule has 0 aliphatic carbocycles. The molecule has 0 atom stereocenters. The van der Waals surface area contributed by atoms with Crippen LogP contribution in [0.5, 0.6) is 0 Å². The molecule has 1 rings (SSSR count). The van der Waals surface area contributed by atoms with E-state index in [2.05, 4.69) is 23.8 Å². The summed E-state index contributed by atoms with van der Waals surface area (Å²) >= 11 is 1.87. The van der Waals surface area contributed by atoms with Gasteiger partial charge in [0.2, 0.25) is 0 Å². The molecule has 0 aliphatic rings. The van der Waals surface area contributed by atoms with Crippen molar-refractivity contribution in [2.24, 2.45) is 0 Å². The topological polar surface area (TPSA) is 67.2 Å². The van der Waals surface area contributed by atoms with Crippen LogP contribution in [0.2, 0.25) is 0 Å². The molecule has 0 fully saturated rings. The average molecular weight is 311 g/mol. The molecule has 0 heterocycles. The lowest BCUT2D eigenvalue weighted by molar-refractivity contribution is -0.384. The van der Waals surface area contributed by atoms with E-state index in [1.807, 2.05) is 17.8 Å². The van der Waals surface area contributed by atoms with E-state index in [1.54, 1.807) is 12.1 Å². The zero-order valence-corrected chi connectivity index (χ0v) is 13.7. The van der Waals surface area contributed by atoms with Crippen LogP contribution in [0.15, 0.2) is 18.2 Å². The van der Waals surface area contributed by atoms with Gasteiger partial charge in [-0.15, -0.1) is 0 Å². The predicted molar refractivity (Wildman–Crippen MR) is 92.6 cm³/mol. The van der Waals surface area contributed by atoms with E-state index >= 15 is 0 Å². The molecule has 0 amide bonds. The highest BCUT2D eigenvalue weighted by molar-refractivity contribution is 7.98. The van der Waals surface area contributed by atoms with Crippen LogP contribution < -0.4 is 10.6 Å². The molecular formula is C15H25N3O2S. The largest absolute Gasteiger partial charge is 0.385 e. The Morgan fingerprint density at radius 3 is 2.33 bits per heavy atom. The number of hydrogen-bond acceptors (Lipinski definition) is 5. The van der Waals surface area contributed by atoms with Crippen molar-refractivity contribution in [1.82, 2.24) is 0 Å². The third-order valence-electron chi connectivity index (χ3n) is 3.06. The van der Waals surface area contributed by atoms with Gasteiger partial charge in [0.25, 0.3) is 5.69 Å². The second-order valence-corrected chi connectivity index (χ2v) is 5.92. The molecule has 0 radical (unpaired) electrons. The maximum absolute atomic E-state index is 11.0. The molecule has 0 unspecified atom stereocenters. The highest BCUT2D eigenvalue weighted by Gasteiger charge is 2.09. The van der Waals surface area contributed by atoms with Gasteiger partial charge in [0.05, 0.1) is 4.92 Å². The Bertz CT molecular complexity index is 441. The van der Waals surface area contributed by atoms with Crippen LogP contribution in [0.1, 0.15) is 32.6 Å². The Hall–Kier alpha value is -1.43. The molecule has 21 heavy (non-hydrogen) atoms. The van der Waals surface area contributed by atoms with E-state index < -0.39 is 0 Å². The van der Waals surface area contributed by atoms with Crippen molar-refractivity contribution in [3.63, 3.8) is 0 Å². The number of unbranched alkanes of at least 4 members (excludes halogenated alkanes) is 2. The quantitative estimate of drug-likeness (QED) is 0.361. The average Bonchev–Trinajstić information content (AvgIpc) is 2.48. The standard InChI is InChI=1S/C15H25N3O2S/c1-3-7-16-13-10-14(12-15(11-13)18(19)20)17-8-5-4-6-9-21-2/h10-12,16-17H,3-9H2,1-2H3. The van der Waals surface area contributed by atoms with Crippen LogP contribution in [-0.4, -0.2) is 30.0 Å². The maximum Gasteiger partial charge on any atom is 0.273 e. The number of thioether (sulfide) groups is 1. The van der Waals surface area contributed by atoms with Gasteiger partial charge in [-0.3, -0.25) is 10.1 Å². The highest BCUT2D eigenvalue weighted by Crippen LogP contribution is 2.24. The highest BCUT2D eigenvalue weighted by atomic mass is 32.2. The van der Waals surface area contributed by atoms with Gasteiger partial charge in [0.1, 0.15) is 0 Å². The first-order valence-electron chi connectivity index (χ1n) is 7.43. The summed E-state index contributed by atoms with van der Waals surface area (Å²) in [5.74, 6) is 1.20. The van der Waals surface area contributed by atoms with E-state index in [4.69, 9.17) is 0 Å². The summed E-state index contributed by atoms with van der Waals surface area (Å²) in [6.45, 7) is 3.73. The first-order valence-corrected chi connectivity index (χ1v) is 8.83. The molecule has 118 valence electrons. The smallest absolute Gasteiger partial charge is 0.273 e. The van der Waals surface area contributed by atoms with E-state index in [0.29, 0.717) is 0 Å². The summed E-state index contributed by atoms with van der Waals surface area (Å²) in [7, 11) is 0. The number of non-ortho nitro benzene ring substituents is 1. The lowest BCUT2D eigenvalue weighted by atomic mass is 10.2. The van der Waals surface area contributed by atoms with Crippen molar-refractivity contribution in [2.75, 3.05) is 35.7 Å². The first-order chi connectivity index (χ1) is 10.2. The fourth-order valence-corrected chi connectivity index (χ4v) is 2.46. The normalized spacial score (nSPS) is 10.4. The van der Waals surface area contributed by atoms with Gasteiger partial charge in [-0.05, 0) is 37.3 Å². The molecule has 2 N–H and O–H groups in total. The second kappa shape index (κ2) is 10.3. The van der Waals surface area contributed by atoms with Crippen molar-refractivity contribution >= 4 is 28.8 Å². The Kier molecular flexibility index (Phi) is 8.66. The molecule has 0 saturated heterocycles. The molecule has 1 aromatic rings. The fourth-order valence-electron chi connectivity index (χ4n) is 1.97. The lowest BCUT2D eigenvalue weighted by Crippen LogP contribution is -2.05. The minimum absolute atomic E-state index is 0.126. The predicted octanol–water partition coefficient (Wildman–Crippen LogP) is 4.36. The molecule has 0 bridgehead atoms. The number of nitrogens with one attached hydrogen (secondary N) is 2. The molecule has 0 saturated carbocycles. The van der Waals surface area contributed by atoms with Gasteiger partial charge in [0, 0.05) is 36.6 Å². The number of benzene rings is 1. The van der Waals surface area contributed by atoms with Gasteiger partial charge >= 0.3 is 0 Å². The van der Waals surface area contributed by atoms with Gasteiger partial charge in [-0.1, -0.05) is 13.3 Å². The molecular weight excluding hydrogens is 286 g/mol. The van der Waals surface area contributed by atoms with Crippen molar-refractivity contribution in [1.29, 1.82) is 0 Å². The number of nitro groups is 1. The second-order valence-electron chi connectivity index (χ2n) is 4.93. The summed E-state index contributed by atoms with van der Waals surface area (Å²) in [6.07, 6.45) is 6.60. The molecule has 1 aromatic carbocycles. The van der Waals surface area contributed by atoms with Crippen LogP contribution in [-0.2, 0) is 0 Å². The van der Waals surface area contributed by atoms with Crippen LogP contribution >= 0.6 is 11.8 Å². The number of rotatable bonds is 11. The van der Waals surface area contributed by atoms with Crippen molar-refractivity contribution in [3.05, 3.63) is 28.3 Å². The van der Waals surface area contributed by atoms with Gasteiger partial charge < -0.3 is 10.6 Å². The summed E-state index contributed by atoms with van der Waals surface area (Å²) in [5.41, 5.74) is 1.74. The molecule has 0 spiro atoms. The van der Waals surface area contributed by atoms with Crippen molar-refractivity contribution in [2.45, 2.75) is 32.6 Å². The summed E-state index contributed by atoms with van der Waals surface area (Å²) in [5, 5.41) is 17.5. The summed E-state index contributed by atoms with van der Waals surface area (Å²) in [4.78, 5) is 10.6. The van der Waals surface area contributed by atoms with Gasteiger partial charge in [-0.2, -0.15) is 11.8 Å². The number of anilines is 2. The maximum atomic E-state index is 11.0. The van der Waals surface area contributed by atoms with Crippen LogP contribution in [0, 0.1) is 10.1 Å². The number of hydrogen-bond donors (Lipinski definition) is 2. The Morgan fingerprint density at radius 2 is 1.76 bits per heavy atom. The third-order valence-corrected chi connectivity index (χ3v) is 3.76. The summed E-state index contributed by atoms with van der Waals surface area (Å²) < 4.78 is 0. The van der Waals surface area contributed by atoms with E-state index in [-0.39, 0.29) is 10.6 Å². The molecule has 5 nitrogen and oxygen atoms in total. The monoisotopic (exact) mass is 311 g/mol. The fraction of sp³-hybridized carbons (Fsp3) is 0.600. The lowest BCUT2D eigenvalue weighted by Gasteiger charge is -2.10. The Labute approximate surface area is 131 Å². The van der Waals surface area contributed by atoms with Crippen molar-refractivity contribution in [3.8, 4) is 0 Å². The molecule has 0 aromatic heterocycles. The molecule has 6 heteroatoms. The minimum Gasteiger partial charge on any atom is -0.385 e. The number of nitro benzene ring substituents is 1. The van der Waals surface area contributed by atoms with Crippen molar-refractivity contribution < 1.29 is 4.92 Å². The van der Waals surface area contributed by atoms with E-state index in [0.717, 1.165) is 37.3 Å². The van der Waals surface area contributed by atoms with E-state index in [9.17, 15) is 10.1 Å². The Morgan fingerprint density at radius 1 is 1.10 bits per heavy atom.